The molecule has 106 valence electrons. The fourth-order valence-corrected chi connectivity index (χ4v) is 2.15. The first kappa shape index (κ1) is 14.1. The van der Waals surface area contributed by atoms with Gasteiger partial charge < -0.3 is 10.3 Å². The number of hydrogen-bond donors (Lipinski definition) is 1. The SMILES string of the molecule is Cc1ccc(-c2nnc(CN)n2C(C)C)cc1[N+](=O)[O-]. The minimum Gasteiger partial charge on any atom is -0.324 e. The van der Waals surface area contributed by atoms with Crippen LogP contribution in [0.25, 0.3) is 11.4 Å². The van der Waals surface area contributed by atoms with E-state index >= 15 is 0 Å². The lowest BCUT2D eigenvalue weighted by molar-refractivity contribution is -0.385. The standard InChI is InChI=1S/C13H17N5O2/c1-8(2)17-12(7-14)15-16-13(17)10-5-4-9(3)11(6-10)18(19)20/h4-6,8H,7,14H2,1-3H3. The zero-order valence-electron chi connectivity index (χ0n) is 11.7. The predicted octanol–water partition coefficient (Wildman–Crippen LogP) is 2.20. The third kappa shape index (κ3) is 2.39. The summed E-state index contributed by atoms with van der Waals surface area (Å²) in [4.78, 5) is 10.6. The molecule has 0 aliphatic heterocycles. The summed E-state index contributed by atoms with van der Waals surface area (Å²) in [5, 5.41) is 19.2. The maximum absolute atomic E-state index is 11.0. The van der Waals surface area contributed by atoms with E-state index in [1.165, 1.54) is 6.07 Å². The summed E-state index contributed by atoms with van der Waals surface area (Å²) in [5.74, 6) is 1.27. The van der Waals surface area contributed by atoms with Crippen LogP contribution in [-0.2, 0) is 6.54 Å². The van der Waals surface area contributed by atoms with Gasteiger partial charge in [-0.05, 0) is 20.8 Å². The van der Waals surface area contributed by atoms with Gasteiger partial charge in [-0.25, -0.2) is 0 Å². The minimum absolute atomic E-state index is 0.0788. The summed E-state index contributed by atoms with van der Waals surface area (Å²) in [5.41, 5.74) is 7.02. The fraction of sp³-hybridized carbons (Fsp3) is 0.385. The van der Waals surface area contributed by atoms with E-state index in [9.17, 15) is 10.1 Å². The molecule has 0 amide bonds. The van der Waals surface area contributed by atoms with Gasteiger partial charge in [0.25, 0.3) is 5.69 Å². The van der Waals surface area contributed by atoms with Crippen molar-refractivity contribution in [3.05, 3.63) is 39.7 Å². The highest BCUT2D eigenvalue weighted by Crippen LogP contribution is 2.27. The van der Waals surface area contributed by atoms with E-state index in [-0.39, 0.29) is 18.3 Å². The van der Waals surface area contributed by atoms with Crippen LogP contribution in [0.3, 0.4) is 0 Å². The molecule has 2 N–H and O–H groups in total. The largest absolute Gasteiger partial charge is 0.324 e. The lowest BCUT2D eigenvalue weighted by atomic mass is 10.1. The highest BCUT2D eigenvalue weighted by atomic mass is 16.6. The number of benzene rings is 1. The number of hydrogen-bond acceptors (Lipinski definition) is 5. The second kappa shape index (κ2) is 5.38. The molecule has 1 heterocycles. The monoisotopic (exact) mass is 275 g/mol. The first-order valence-corrected chi connectivity index (χ1v) is 6.35. The van der Waals surface area contributed by atoms with Crippen molar-refractivity contribution in [1.82, 2.24) is 14.8 Å². The number of aromatic nitrogens is 3. The van der Waals surface area contributed by atoms with Gasteiger partial charge in [0.1, 0.15) is 5.82 Å². The number of nitro groups is 1. The van der Waals surface area contributed by atoms with Crippen LogP contribution in [-0.4, -0.2) is 19.7 Å². The van der Waals surface area contributed by atoms with Gasteiger partial charge in [0.05, 0.1) is 11.5 Å². The summed E-state index contributed by atoms with van der Waals surface area (Å²) in [6, 6.07) is 5.18. The maximum atomic E-state index is 11.0. The summed E-state index contributed by atoms with van der Waals surface area (Å²) >= 11 is 0. The molecule has 0 saturated heterocycles. The van der Waals surface area contributed by atoms with E-state index in [0.717, 1.165) is 0 Å². The number of nitro benzene ring substituents is 1. The van der Waals surface area contributed by atoms with Crippen LogP contribution in [0.4, 0.5) is 5.69 Å². The molecule has 1 aromatic heterocycles. The molecule has 0 spiro atoms. The molecule has 1 aromatic carbocycles. The first-order chi connectivity index (χ1) is 9.45. The van der Waals surface area contributed by atoms with Crippen LogP contribution in [0.5, 0.6) is 0 Å². The Labute approximate surface area is 116 Å². The van der Waals surface area contributed by atoms with Crippen molar-refractivity contribution in [3.8, 4) is 11.4 Å². The zero-order chi connectivity index (χ0) is 14.9. The quantitative estimate of drug-likeness (QED) is 0.681. The minimum atomic E-state index is -0.390. The second-order valence-corrected chi connectivity index (χ2v) is 4.87. The van der Waals surface area contributed by atoms with E-state index in [1.807, 2.05) is 24.5 Å². The fourth-order valence-electron chi connectivity index (χ4n) is 2.15. The van der Waals surface area contributed by atoms with Gasteiger partial charge in [0.15, 0.2) is 5.82 Å². The van der Waals surface area contributed by atoms with E-state index in [4.69, 9.17) is 5.73 Å². The van der Waals surface area contributed by atoms with E-state index in [0.29, 0.717) is 22.8 Å². The van der Waals surface area contributed by atoms with Gasteiger partial charge >= 0.3 is 0 Å². The molecule has 0 aliphatic rings. The van der Waals surface area contributed by atoms with Crippen molar-refractivity contribution in [2.45, 2.75) is 33.4 Å². The summed E-state index contributed by atoms with van der Waals surface area (Å²) in [6.45, 7) is 5.97. The van der Waals surface area contributed by atoms with Gasteiger partial charge in [-0.1, -0.05) is 12.1 Å². The highest BCUT2D eigenvalue weighted by molar-refractivity contribution is 5.61. The van der Waals surface area contributed by atoms with Crippen molar-refractivity contribution >= 4 is 5.69 Å². The van der Waals surface area contributed by atoms with Gasteiger partial charge in [-0.15, -0.1) is 10.2 Å². The molecule has 2 rings (SSSR count). The second-order valence-electron chi connectivity index (χ2n) is 4.87. The average Bonchev–Trinajstić information content (AvgIpc) is 2.82. The normalized spacial score (nSPS) is 11.1. The highest BCUT2D eigenvalue weighted by Gasteiger charge is 2.18. The molecule has 2 aromatic rings. The van der Waals surface area contributed by atoms with Crippen molar-refractivity contribution in [2.24, 2.45) is 5.73 Å². The summed E-state index contributed by atoms with van der Waals surface area (Å²) < 4.78 is 1.90. The van der Waals surface area contributed by atoms with Crippen LogP contribution in [0.1, 0.15) is 31.3 Å². The van der Waals surface area contributed by atoms with Crippen molar-refractivity contribution in [3.63, 3.8) is 0 Å². The van der Waals surface area contributed by atoms with Gasteiger partial charge in [-0.2, -0.15) is 0 Å². The molecular formula is C13H17N5O2. The smallest absolute Gasteiger partial charge is 0.273 e. The molecule has 0 fully saturated rings. The summed E-state index contributed by atoms with van der Waals surface area (Å²) in [7, 11) is 0. The maximum Gasteiger partial charge on any atom is 0.273 e. The van der Waals surface area contributed by atoms with Crippen molar-refractivity contribution < 1.29 is 4.92 Å². The van der Waals surface area contributed by atoms with Gasteiger partial charge in [0, 0.05) is 23.2 Å². The molecule has 0 radical (unpaired) electrons. The van der Waals surface area contributed by atoms with E-state index < -0.39 is 4.92 Å². The Bertz CT molecular complexity index is 648. The molecule has 0 bridgehead atoms. The van der Waals surface area contributed by atoms with Gasteiger partial charge in [0.2, 0.25) is 0 Å². The zero-order valence-corrected chi connectivity index (χ0v) is 11.7. The Morgan fingerprint density at radius 2 is 2.10 bits per heavy atom. The lowest BCUT2D eigenvalue weighted by Gasteiger charge is -2.13. The topological polar surface area (TPSA) is 99.9 Å². The molecular weight excluding hydrogens is 258 g/mol. The van der Waals surface area contributed by atoms with Crippen molar-refractivity contribution in [2.75, 3.05) is 0 Å². The Hall–Kier alpha value is -2.28. The van der Waals surface area contributed by atoms with Crippen LogP contribution in [0, 0.1) is 17.0 Å². The lowest BCUT2D eigenvalue weighted by Crippen LogP contribution is -2.11. The Kier molecular flexibility index (Phi) is 3.80. The molecule has 7 heteroatoms. The molecule has 0 saturated carbocycles. The Morgan fingerprint density at radius 1 is 1.40 bits per heavy atom. The average molecular weight is 275 g/mol. The molecule has 0 aliphatic carbocycles. The third-order valence-corrected chi connectivity index (χ3v) is 3.13. The van der Waals surface area contributed by atoms with Crippen molar-refractivity contribution in [1.29, 1.82) is 0 Å². The Balaban J connectivity index is 2.60. The van der Waals surface area contributed by atoms with E-state index in [1.54, 1.807) is 13.0 Å². The van der Waals surface area contributed by atoms with Crippen LogP contribution >= 0.6 is 0 Å². The predicted molar refractivity (Wildman–Crippen MR) is 75.1 cm³/mol. The number of nitrogens with zero attached hydrogens (tertiary/aromatic N) is 4. The van der Waals surface area contributed by atoms with E-state index in [2.05, 4.69) is 10.2 Å². The number of aryl methyl sites for hydroxylation is 1. The van der Waals surface area contributed by atoms with Crippen LogP contribution in [0.2, 0.25) is 0 Å². The Morgan fingerprint density at radius 3 is 2.65 bits per heavy atom. The summed E-state index contributed by atoms with van der Waals surface area (Å²) in [6.07, 6.45) is 0. The molecule has 0 atom stereocenters. The molecule has 0 unspecified atom stereocenters. The molecule has 7 nitrogen and oxygen atoms in total. The van der Waals surface area contributed by atoms with Crippen LogP contribution in [0.15, 0.2) is 18.2 Å². The van der Waals surface area contributed by atoms with Crippen LogP contribution < -0.4 is 5.73 Å². The van der Waals surface area contributed by atoms with Gasteiger partial charge in [-0.3, -0.25) is 10.1 Å². The first-order valence-electron chi connectivity index (χ1n) is 6.35. The molecule has 20 heavy (non-hydrogen) atoms. The third-order valence-electron chi connectivity index (χ3n) is 3.13. The number of rotatable bonds is 4. The number of nitrogens with two attached hydrogens (primary N) is 1.